The van der Waals surface area contributed by atoms with Crippen molar-refractivity contribution in [3.05, 3.63) is 29.8 Å². The van der Waals surface area contributed by atoms with Crippen LogP contribution in [0, 0.1) is 0 Å². The van der Waals surface area contributed by atoms with Crippen molar-refractivity contribution < 1.29 is 8.42 Å². The number of alkyl halides is 1. The van der Waals surface area contributed by atoms with Gasteiger partial charge in [0.1, 0.15) is 5.21 Å². The average Bonchev–Trinajstić information content (AvgIpc) is 2.28. The highest BCUT2D eigenvalue weighted by Gasteiger charge is 2.07. The molecule has 0 aromatic heterocycles. The van der Waals surface area contributed by atoms with Crippen molar-refractivity contribution in [2.75, 3.05) is 9.93 Å². The van der Waals surface area contributed by atoms with Gasteiger partial charge in [0.2, 0.25) is 10.0 Å². The first-order chi connectivity index (χ1) is 7.57. The monoisotopic (exact) mass is 261 g/mol. The van der Waals surface area contributed by atoms with Crippen LogP contribution in [0.15, 0.2) is 24.3 Å². The van der Waals surface area contributed by atoms with Crippen LogP contribution in [0.4, 0.5) is 5.69 Å². The predicted molar refractivity (Wildman–Crippen MR) is 68.3 cm³/mol. The lowest BCUT2D eigenvalue weighted by molar-refractivity contribution is 0.605. The predicted octanol–water partition coefficient (Wildman–Crippen LogP) is 2.97. The molecule has 0 atom stereocenters. The molecular weight excluding hydrogens is 246 g/mol. The number of nitrogens with one attached hydrogen (secondary N) is 1. The van der Waals surface area contributed by atoms with E-state index in [1.54, 1.807) is 12.1 Å². The SMILES string of the molecule is CCCCc1ccc(NS(=O)(=O)CCl)cc1. The van der Waals surface area contributed by atoms with Crippen LogP contribution in [0.5, 0.6) is 0 Å². The summed E-state index contributed by atoms with van der Waals surface area (Å²) in [5, 5.41) is -0.426. The van der Waals surface area contributed by atoms with Crippen LogP contribution in [0.2, 0.25) is 0 Å². The van der Waals surface area contributed by atoms with E-state index in [1.807, 2.05) is 12.1 Å². The normalized spacial score (nSPS) is 11.4. The smallest absolute Gasteiger partial charge is 0.246 e. The fourth-order valence-electron chi connectivity index (χ4n) is 1.33. The van der Waals surface area contributed by atoms with Gasteiger partial charge >= 0.3 is 0 Å². The Balaban J connectivity index is 2.65. The molecule has 1 aromatic rings. The Labute approximate surface area is 102 Å². The first-order valence-corrected chi connectivity index (χ1v) is 7.41. The van der Waals surface area contributed by atoms with Gasteiger partial charge in [-0.2, -0.15) is 0 Å². The van der Waals surface area contributed by atoms with Crippen LogP contribution in [0.3, 0.4) is 0 Å². The minimum Gasteiger partial charge on any atom is -0.283 e. The van der Waals surface area contributed by atoms with Crippen LogP contribution in [-0.2, 0) is 16.4 Å². The van der Waals surface area contributed by atoms with Crippen molar-refractivity contribution in [1.29, 1.82) is 0 Å². The van der Waals surface area contributed by atoms with Crippen LogP contribution in [0.1, 0.15) is 25.3 Å². The number of unbranched alkanes of at least 4 members (excludes halogenated alkanes) is 1. The summed E-state index contributed by atoms with van der Waals surface area (Å²) in [5.41, 5.74) is 1.77. The number of sulfonamides is 1. The van der Waals surface area contributed by atoms with Gasteiger partial charge in [-0.1, -0.05) is 25.5 Å². The second kappa shape index (κ2) is 6.11. The van der Waals surface area contributed by atoms with Crippen LogP contribution in [-0.4, -0.2) is 13.6 Å². The largest absolute Gasteiger partial charge is 0.283 e. The van der Waals surface area contributed by atoms with Crippen molar-refractivity contribution in [2.24, 2.45) is 0 Å². The molecule has 90 valence electrons. The summed E-state index contributed by atoms with van der Waals surface area (Å²) in [5.74, 6) is 0. The van der Waals surface area contributed by atoms with E-state index >= 15 is 0 Å². The fourth-order valence-corrected chi connectivity index (χ4v) is 2.04. The number of benzene rings is 1. The van der Waals surface area contributed by atoms with Gasteiger partial charge in [-0.05, 0) is 30.5 Å². The number of anilines is 1. The maximum absolute atomic E-state index is 11.2. The second-order valence-corrected chi connectivity index (χ2v) is 5.93. The highest BCUT2D eigenvalue weighted by Crippen LogP contribution is 2.13. The third-order valence-electron chi connectivity index (χ3n) is 2.19. The molecule has 5 heteroatoms. The molecule has 0 aliphatic carbocycles. The third-order valence-corrected chi connectivity index (χ3v) is 3.89. The molecule has 0 heterocycles. The first-order valence-electron chi connectivity index (χ1n) is 5.23. The Morgan fingerprint density at radius 3 is 2.38 bits per heavy atom. The quantitative estimate of drug-likeness (QED) is 0.801. The van der Waals surface area contributed by atoms with E-state index in [-0.39, 0.29) is 0 Å². The molecule has 0 spiro atoms. The van der Waals surface area contributed by atoms with Gasteiger partial charge in [0, 0.05) is 5.69 Å². The highest BCUT2D eigenvalue weighted by molar-refractivity contribution is 7.93. The lowest BCUT2D eigenvalue weighted by atomic mass is 10.1. The molecule has 1 N–H and O–H groups in total. The molecule has 0 amide bonds. The highest BCUT2D eigenvalue weighted by atomic mass is 35.5. The van der Waals surface area contributed by atoms with Gasteiger partial charge < -0.3 is 0 Å². The van der Waals surface area contributed by atoms with Gasteiger partial charge in [-0.3, -0.25) is 4.72 Å². The second-order valence-electron chi connectivity index (χ2n) is 3.63. The van der Waals surface area contributed by atoms with Gasteiger partial charge in [0.25, 0.3) is 0 Å². The average molecular weight is 262 g/mol. The zero-order valence-electron chi connectivity index (χ0n) is 9.24. The topological polar surface area (TPSA) is 46.2 Å². The van der Waals surface area contributed by atoms with Gasteiger partial charge in [0.15, 0.2) is 0 Å². The Kier molecular flexibility index (Phi) is 5.09. The number of hydrogen-bond acceptors (Lipinski definition) is 2. The molecule has 0 aliphatic heterocycles. The molecule has 3 nitrogen and oxygen atoms in total. The van der Waals surface area contributed by atoms with E-state index < -0.39 is 15.2 Å². The number of hydrogen-bond donors (Lipinski definition) is 1. The van der Waals surface area contributed by atoms with E-state index in [2.05, 4.69) is 11.6 Å². The summed E-state index contributed by atoms with van der Waals surface area (Å²) in [6.45, 7) is 2.14. The Hall–Kier alpha value is -0.740. The molecule has 0 fully saturated rings. The lowest BCUT2D eigenvalue weighted by Gasteiger charge is -2.06. The van der Waals surface area contributed by atoms with Gasteiger partial charge in [0.05, 0.1) is 0 Å². The third kappa shape index (κ3) is 4.41. The lowest BCUT2D eigenvalue weighted by Crippen LogP contribution is -2.13. The first kappa shape index (κ1) is 13.3. The standard InChI is InChI=1S/C11H16ClNO2S/c1-2-3-4-10-5-7-11(8-6-10)13-16(14,15)9-12/h5-8,13H,2-4,9H2,1H3. The summed E-state index contributed by atoms with van der Waals surface area (Å²) in [6, 6.07) is 7.38. The van der Waals surface area contributed by atoms with Crippen molar-refractivity contribution >= 4 is 27.3 Å². The van der Waals surface area contributed by atoms with E-state index in [1.165, 1.54) is 5.56 Å². The minimum absolute atomic E-state index is 0.426. The summed E-state index contributed by atoms with van der Waals surface area (Å²) >= 11 is 5.29. The summed E-state index contributed by atoms with van der Waals surface area (Å²) in [4.78, 5) is 0. The van der Waals surface area contributed by atoms with Crippen molar-refractivity contribution in [3.63, 3.8) is 0 Å². The molecule has 0 saturated heterocycles. The van der Waals surface area contributed by atoms with Crippen LogP contribution < -0.4 is 4.72 Å². The Morgan fingerprint density at radius 2 is 1.88 bits per heavy atom. The summed E-state index contributed by atoms with van der Waals surface area (Å²) in [7, 11) is -3.39. The molecule has 16 heavy (non-hydrogen) atoms. The molecular formula is C11H16ClNO2S. The Bertz CT molecular complexity index is 414. The molecule has 0 bridgehead atoms. The molecule has 0 saturated carbocycles. The summed E-state index contributed by atoms with van der Waals surface area (Å²) in [6.07, 6.45) is 3.33. The van der Waals surface area contributed by atoms with Crippen molar-refractivity contribution in [3.8, 4) is 0 Å². The molecule has 0 unspecified atom stereocenters. The maximum atomic E-state index is 11.2. The molecule has 1 aromatic carbocycles. The van der Waals surface area contributed by atoms with Crippen LogP contribution >= 0.6 is 11.6 Å². The van der Waals surface area contributed by atoms with E-state index in [0.717, 1.165) is 19.3 Å². The van der Waals surface area contributed by atoms with Crippen LogP contribution in [0.25, 0.3) is 0 Å². The zero-order chi connectivity index (χ0) is 12.0. The zero-order valence-corrected chi connectivity index (χ0v) is 10.8. The van der Waals surface area contributed by atoms with Crippen molar-refractivity contribution in [2.45, 2.75) is 26.2 Å². The van der Waals surface area contributed by atoms with E-state index in [4.69, 9.17) is 11.6 Å². The number of aryl methyl sites for hydroxylation is 1. The number of rotatable bonds is 6. The summed E-state index contributed by atoms with van der Waals surface area (Å²) < 4.78 is 24.8. The van der Waals surface area contributed by atoms with Gasteiger partial charge in [-0.15, -0.1) is 11.6 Å². The Morgan fingerprint density at radius 1 is 1.25 bits per heavy atom. The van der Waals surface area contributed by atoms with Crippen molar-refractivity contribution in [1.82, 2.24) is 0 Å². The minimum atomic E-state index is -3.39. The molecule has 0 radical (unpaired) electrons. The maximum Gasteiger partial charge on any atom is 0.246 e. The number of halogens is 1. The van der Waals surface area contributed by atoms with E-state index in [0.29, 0.717) is 5.69 Å². The molecule has 0 aliphatic rings. The molecule has 1 rings (SSSR count). The fraction of sp³-hybridized carbons (Fsp3) is 0.455. The van der Waals surface area contributed by atoms with E-state index in [9.17, 15) is 8.42 Å². The van der Waals surface area contributed by atoms with Gasteiger partial charge in [-0.25, -0.2) is 8.42 Å².